The second-order valence-corrected chi connectivity index (χ2v) is 2.62. The zero-order chi connectivity index (χ0) is 8.97. The maximum absolute atomic E-state index is 11.2. The molecule has 1 rings (SSSR count). The van der Waals surface area contributed by atoms with Crippen LogP contribution >= 0.6 is 12.2 Å². The van der Waals surface area contributed by atoms with E-state index in [4.69, 9.17) is 5.73 Å². The van der Waals surface area contributed by atoms with Crippen molar-refractivity contribution in [3.63, 3.8) is 0 Å². The lowest BCUT2D eigenvalue weighted by molar-refractivity contribution is 0.0977. The lowest BCUT2D eigenvalue weighted by atomic mass is 10.2. The van der Waals surface area contributed by atoms with Crippen LogP contribution in [0.1, 0.15) is 10.4 Å². The zero-order valence-electron chi connectivity index (χ0n) is 6.28. The summed E-state index contributed by atoms with van der Waals surface area (Å²) in [5, 5.41) is 2.32. The molecule has 0 bridgehead atoms. The van der Waals surface area contributed by atoms with E-state index < -0.39 is 0 Å². The Morgan fingerprint density at radius 1 is 1.31 bits per heavy atom. The van der Waals surface area contributed by atoms with Crippen molar-refractivity contribution in [2.24, 2.45) is 5.73 Å². The van der Waals surface area contributed by atoms with Crippen molar-refractivity contribution in [1.82, 2.24) is 5.32 Å². The highest BCUT2D eigenvalue weighted by Crippen LogP contribution is 1.96. The molecule has 0 atom stereocenters. The molecule has 0 aliphatic heterocycles. The highest BCUT2D eigenvalue weighted by molar-refractivity contribution is 7.80. The first-order chi connectivity index (χ1) is 5.70. The van der Waals surface area contributed by atoms with Crippen LogP contribution in [0, 0.1) is 0 Å². The molecule has 0 radical (unpaired) electrons. The van der Waals surface area contributed by atoms with Gasteiger partial charge < -0.3 is 5.73 Å². The van der Waals surface area contributed by atoms with Crippen molar-refractivity contribution in [2.45, 2.75) is 0 Å². The summed E-state index contributed by atoms with van der Waals surface area (Å²) in [6.45, 7) is 0. The van der Waals surface area contributed by atoms with E-state index in [1.54, 1.807) is 24.3 Å². The molecular weight excluding hydrogens is 200 g/mol. The van der Waals surface area contributed by atoms with Gasteiger partial charge in [0.15, 0.2) is 5.11 Å². The second-order valence-electron chi connectivity index (χ2n) is 2.18. The molecule has 1 aromatic carbocycles. The summed E-state index contributed by atoms with van der Waals surface area (Å²) >= 11 is 4.52. The van der Waals surface area contributed by atoms with E-state index in [1.807, 2.05) is 6.07 Å². The molecule has 70 valence electrons. The minimum Gasteiger partial charge on any atom is -0.376 e. The largest absolute Gasteiger partial charge is 0.376 e. The number of benzene rings is 1. The van der Waals surface area contributed by atoms with Crippen molar-refractivity contribution in [3.05, 3.63) is 35.9 Å². The molecule has 0 fully saturated rings. The average molecular weight is 212 g/mol. The Morgan fingerprint density at radius 2 is 1.85 bits per heavy atom. The van der Waals surface area contributed by atoms with Gasteiger partial charge in [0.1, 0.15) is 0 Å². The molecule has 1 aromatic rings. The Labute approximate surface area is 86.3 Å². The quantitative estimate of drug-likeness (QED) is 0.474. The monoisotopic (exact) mass is 212 g/mol. The third-order valence-corrected chi connectivity index (χ3v) is 1.37. The van der Waals surface area contributed by atoms with E-state index in [-0.39, 0.29) is 22.0 Å². The van der Waals surface area contributed by atoms with Crippen molar-refractivity contribution in [3.8, 4) is 0 Å². The van der Waals surface area contributed by atoms with Crippen LogP contribution in [0.3, 0.4) is 0 Å². The number of nitrogens with one attached hydrogen (secondary N) is 1. The Hall–Kier alpha value is -1.20. The lowest BCUT2D eigenvalue weighted by Gasteiger charge is -2.00. The number of carbonyl (C=O) groups is 1. The maximum atomic E-state index is 11.2. The van der Waals surface area contributed by atoms with Gasteiger partial charge in [0, 0.05) is 5.56 Å². The summed E-state index contributed by atoms with van der Waals surface area (Å²) < 4.78 is 0. The van der Waals surface area contributed by atoms with Crippen LogP contribution < -0.4 is 11.1 Å². The van der Waals surface area contributed by atoms with Crippen molar-refractivity contribution < 1.29 is 4.79 Å². The first-order valence-corrected chi connectivity index (χ1v) is 3.77. The molecule has 3 N–H and O–H groups in total. The summed E-state index contributed by atoms with van der Waals surface area (Å²) in [5.41, 5.74) is 5.68. The summed E-state index contributed by atoms with van der Waals surface area (Å²) in [6, 6.07) is 8.75. The highest BCUT2D eigenvalue weighted by atomic mass is 32.1. The van der Waals surface area contributed by atoms with Crippen molar-refractivity contribution >= 4 is 34.2 Å². The molecule has 13 heavy (non-hydrogen) atoms. The molecule has 5 heteroatoms. The number of amides is 1. The Kier molecular flexibility index (Phi) is 4.94. The first kappa shape index (κ1) is 11.8. The normalized spacial score (nSPS) is 8.31. The number of thiocarbonyl (C=S) groups is 1. The van der Waals surface area contributed by atoms with Crippen LogP contribution in [-0.2, 0) is 0 Å². The molecule has 0 spiro atoms. The van der Waals surface area contributed by atoms with E-state index >= 15 is 0 Å². The molecule has 0 saturated heterocycles. The number of hydrogen-bond acceptors (Lipinski definition) is 2. The first-order valence-electron chi connectivity index (χ1n) is 3.36. The predicted molar refractivity (Wildman–Crippen MR) is 62.0 cm³/mol. The highest BCUT2D eigenvalue weighted by Gasteiger charge is 2.03. The lowest BCUT2D eigenvalue weighted by Crippen LogP contribution is -2.34. The summed E-state index contributed by atoms with van der Waals surface area (Å²) in [5.74, 6) is -0.275. The minimum absolute atomic E-state index is 0. The third-order valence-electron chi connectivity index (χ3n) is 1.27. The van der Waals surface area contributed by atoms with Crippen LogP contribution in [0.2, 0.25) is 0 Å². The Bertz CT molecular complexity index is 302. The van der Waals surface area contributed by atoms with Gasteiger partial charge in [-0.3, -0.25) is 10.1 Å². The van der Waals surface area contributed by atoms with E-state index in [2.05, 4.69) is 17.5 Å². The number of nitrogens with two attached hydrogens (primary N) is 1. The van der Waals surface area contributed by atoms with Gasteiger partial charge in [-0.1, -0.05) is 18.2 Å². The molecule has 0 unspecified atom stereocenters. The number of hydrogen-bond donors (Lipinski definition) is 2. The third kappa shape index (κ3) is 3.82. The zero-order valence-corrected chi connectivity index (χ0v) is 7.10. The van der Waals surface area contributed by atoms with E-state index in [1.165, 1.54) is 0 Å². The predicted octanol–water partition coefficient (Wildman–Crippen LogP) is -0.792. The Morgan fingerprint density at radius 3 is 2.31 bits per heavy atom. The molecule has 0 aliphatic rings. The van der Waals surface area contributed by atoms with Gasteiger partial charge >= 0.3 is 0 Å². The fraction of sp³-hybridized carbons (Fsp3) is 0. The molecule has 0 aromatic heterocycles. The van der Waals surface area contributed by atoms with E-state index in [9.17, 15) is 4.79 Å². The van der Waals surface area contributed by atoms with Gasteiger partial charge in [-0.05, 0) is 35.3 Å². The minimum atomic E-state index is -0.275. The van der Waals surface area contributed by atoms with Crippen LogP contribution in [-0.4, -0.2) is 22.0 Å². The van der Waals surface area contributed by atoms with Crippen molar-refractivity contribution in [1.29, 1.82) is 0 Å². The van der Waals surface area contributed by atoms with Gasteiger partial charge in [-0.15, -0.1) is 0 Å². The van der Waals surface area contributed by atoms with Gasteiger partial charge in [0.2, 0.25) is 0 Å². The van der Waals surface area contributed by atoms with Crippen LogP contribution in [0.4, 0.5) is 0 Å². The van der Waals surface area contributed by atoms with E-state index in [0.29, 0.717) is 5.56 Å². The average Bonchev–Trinajstić information content (AvgIpc) is 2.05. The fourth-order valence-corrected chi connectivity index (χ4v) is 0.866. The molecular formula is C8H12N2OSSi. The van der Waals surface area contributed by atoms with Gasteiger partial charge in [0.05, 0.1) is 0 Å². The SMILES string of the molecule is NC(=S)NC(=O)c1ccccc1.[SiH4]. The smallest absolute Gasteiger partial charge is 0.257 e. The molecule has 0 saturated carbocycles. The second kappa shape index (κ2) is 5.44. The maximum Gasteiger partial charge on any atom is 0.257 e. The van der Waals surface area contributed by atoms with Gasteiger partial charge in [-0.2, -0.15) is 0 Å². The Balaban J connectivity index is 0.00000144. The topological polar surface area (TPSA) is 55.1 Å². The standard InChI is InChI=1S/C8H8N2OS.H4Si/c9-8(12)10-7(11)6-4-2-1-3-5-6;/h1-5H,(H3,9,10,11,12);1H4. The molecule has 0 heterocycles. The molecule has 0 aliphatic carbocycles. The van der Waals surface area contributed by atoms with Crippen molar-refractivity contribution in [2.75, 3.05) is 0 Å². The fourth-order valence-electron chi connectivity index (χ4n) is 0.774. The van der Waals surface area contributed by atoms with Gasteiger partial charge in [0.25, 0.3) is 5.91 Å². The summed E-state index contributed by atoms with van der Waals surface area (Å²) in [4.78, 5) is 11.2. The molecule has 1 amide bonds. The van der Waals surface area contributed by atoms with Crippen LogP contribution in [0.5, 0.6) is 0 Å². The van der Waals surface area contributed by atoms with Crippen LogP contribution in [0.25, 0.3) is 0 Å². The van der Waals surface area contributed by atoms with Gasteiger partial charge in [-0.25, -0.2) is 0 Å². The van der Waals surface area contributed by atoms with E-state index in [0.717, 1.165) is 0 Å². The molecule has 3 nitrogen and oxygen atoms in total. The van der Waals surface area contributed by atoms with Crippen LogP contribution in [0.15, 0.2) is 30.3 Å². The number of carbonyl (C=O) groups excluding carboxylic acids is 1. The number of rotatable bonds is 1. The summed E-state index contributed by atoms with van der Waals surface area (Å²) in [7, 11) is 0. The summed E-state index contributed by atoms with van der Waals surface area (Å²) in [6.07, 6.45) is 0.